The molecule has 0 fully saturated rings. The predicted octanol–water partition coefficient (Wildman–Crippen LogP) is 4.33. The van der Waals surface area contributed by atoms with Gasteiger partial charge in [0.15, 0.2) is 11.0 Å². The summed E-state index contributed by atoms with van der Waals surface area (Å²) in [6.45, 7) is 2.15. The largest absolute Gasteiger partial charge is 0.469 e. The van der Waals surface area contributed by atoms with Crippen molar-refractivity contribution in [3.05, 3.63) is 53.6 Å². The number of hydrogen-bond donors (Lipinski definition) is 0. The summed E-state index contributed by atoms with van der Waals surface area (Å²) in [6.07, 6.45) is 3.54. The van der Waals surface area contributed by atoms with Crippen molar-refractivity contribution in [2.75, 3.05) is 11.9 Å². The molecular weight excluding hydrogens is 298 g/mol. The van der Waals surface area contributed by atoms with Gasteiger partial charge in [-0.25, -0.2) is 9.97 Å². The quantitative estimate of drug-likeness (QED) is 0.702. The van der Waals surface area contributed by atoms with Crippen LogP contribution >= 0.6 is 11.6 Å². The number of anilines is 1. The van der Waals surface area contributed by atoms with E-state index in [1.165, 1.54) is 0 Å². The minimum atomic E-state index is 0.276. The molecule has 4 nitrogen and oxygen atoms in total. The highest BCUT2D eigenvalue weighted by atomic mass is 35.5. The van der Waals surface area contributed by atoms with Gasteiger partial charge in [0, 0.05) is 19.5 Å². The van der Waals surface area contributed by atoms with Crippen molar-refractivity contribution in [3.8, 4) is 0 Å². The number of nitrogens with zero attached hydrogens (tertiary/aromatic N) is 3. The Hall–Kier alpha value is -2.07. The Labute approximate surface area is 134 Å². The molecule has 3 aromatic rings. The zero-order valence-electron chi connectivity index (χ0n) is 12.7. The zero-order chi connectivity index (χ0) is 15.5. The first kappa shape index (κ1) is 14.9. The molecular formula is C17H18ClN3O. The summed E-state index contributed by atoms with van der Waals surface area (Å²) in [5.41, 5.74) is 1.67. The average molecular weight is 316 g/mol. The van der Waals surface area contributed by atoms with E-state index >= 15 is 0 Å². The molecule has 22 heavy (non-hydrogen) atoms. The summed E-state index contributed by atoms with van der Waals surface area (Å²) in [6, 6.07) is 11.9. The highest BCUT2D eigenvalue weighted by Gasteiger charge is 2.16. The second-order valence-electron chi connectivity index (χ2n) is 5.40. The standard InChI is InChI=1S/C17H18ClN3O/c1-12(9-10-13-6-5-11-22-13)21(2)17-16(18)19-14-7-3-4-8-15(14)20-17/h3-8,11-12H,9-10H2,1-2H3/t12-/m0/s1. The molecule has 0 aliphatic rings. The number of hydrogen-bond acceptors (Lipinski definition) is 4. The molecule has 3 rings (SSSR count). The van der Waals surface area contributed by atoms with Crippen molar-refractivity contribution in [1.82, 2.24) is 9.97 Å². The third-order valence-electron chi connectivity index (χ3n) is 3.90. The smallest absolute Gasteiger partial charge is 0.172 e. The van der Waals surface area contributed by atoms with Gasteiger partial charge in [-0.05, 0) is 37.6 Å². The second kappa shape index (κ2) is 6.36. The highest BCUT2D eigenvalue weighted by molar-refractivity contribution is 6.32. The van der Waals surface area contributed by atoms with Crippen LogP contribution in [0.3, 0.4) is 0 Å². The first-order chi connectivity index (χ1) is 10.6. The van der Waals surface area contributed by atoms with Crippen molar-refractivity contribution < 1.29 is 4.42 Å². The van der Waals surface area contributed by atoms with Crippen LogP contribution in [0.5, 0.6) is 0 Å². The highest BCUT2D eigenvalue weighted by Crippen LogP contribution is 2.26. The number of furan rings is 1. The van der Waals surface area contributed by atoms with Gasteiger partial charge >= 0.3 is 0 Å². The van der Waals surface area contributed by atoms with E-state index < -0.39 is 0 Å². The van der Waals surface area contributed by atoms with Crippen LogP contribution in [0.1, 0.15) is 19.1 Å². The third kappa shape index (κ3) is 3.07. The molecule has 0 N–H and O–H groups in total. The number of rotatable bonds is 5. The minimum absolute atomic E-state index is 0.276. The van der Waals surface area contributed by atoms with Gasteiger partial charge in [0.1, 0.15) is 5.76 Å². The Morgan fingerprint density at radius 2 is 1.86 bits per heavy atom. The number of fused-ring (bicyclic) bond motifs is 1. The molecule has 2 heterocycles. The fourth-order valence-electron chi connectivity index (χ4n) is 2.40. The summed E-state index contributed by atoms with van der Waals surface area (Å²) in [5, 5.41) is 0.436. The Balaban J connectivity index is 1.78. The summed E-state index contributed by atoms with van der Waals surface area (Å²) >= 11 is 6.31. The number of aryl methyl sites for hydroxylation is 1. The molecule has 0 unspecified atom stereocenters. The Bertz CT molecular complexity index is 758. The Morgan fingerprint density at radius 3 is 2.55 bits per heavy atom. The van der Waals surface area contributed by atoms with Crippen molar-refractivity contribution in [3.63, 3.8) is 0 Å². The van der Waals surface area contributed by atoms with Crippen LogP contribution in [0, 0.1) is 0 Å². The predicted molar refractivity (Wildman–Crippen MR) is 89.4 cm³/mol. The van der Waals surface area contributed by atoms with Crippen LogP contribution in [0.2, 0.25) is 5.15 Å². The maximum Gasteiger partial charge on any atom is 0.172 e. The van der Waals surface area contributed by atoms with E-state index in [0.29, 0.717) is 11.0 Å². The first-order valence-electron chi connectivity index (χ1n) is 7.32. The van der Waals surface area contributed by atoms with E-state index in [-0.39, 0.29) is 6.04 Å². The third-order valence-corrected chi connectivity index (χ3v) is 4.15. The average Bonchev–Trinajstić information content (AvgIpc) is 3.04. The van der Waals surface area contributed by atoms with E-state index in [9.17, 15) is 0 Å². The van der Waals surface area contributed by atoms with Crippen LogP contribution in [0.25, 0.3) is 11.0 Å². The topological polar surface area (TPSA) is 42.2 Å². The molecule has 0 aliphatic heterocycles. The van der Waals surface area contributed by atoms with Gasteiger partial charge in [-0.3, -0.25) is 0 Å². The number of halogens is 1. The van der Waals surface area contributed by atoms with Gasteiger partial charge in [0.05, 0.1) is 17.3 Å². The van der Waals surface area contributed by atoms with Gasteiger partial charge in [0.2, 0.25) is 0 Å². The minimum Gasteiger partial charge on any atom is -0.469 e. The molecule has 0 radical (unpaired) electrons. The maximum atomic E-state index is 6.31. The molecule has 1 aromatic carbocycles. The van der Waals surface area contributed by atoms with Gasteiger partial charge in [0.25, 0.3) is 0 Å². The fourth-order valence-corrected chi connectivity index (χ4v) is 2.67. The van der Waals surface area contributed by atoms with Crippen LogP contribution in [-0.2, 0) is 6.42 Å². The summed E-state index contributed by atoms with van der Waals surface area (Å²) in [7, 11) is 2.00. The first-order valence-corrected chi connectivity index (χ1v) is 7.70. The molecule has 2 aromatic heterocycles. The van der Waals surface area contributed by atoms with E-state index in [1.54, 1.807) is 6.26 Å². The van der Waals surface area contributed by atoms with Crippen LogP contribution in [0.4, 0.5) is 5.82 Å². The zero-order valence-corrected chi connectivity index (χ0v) is 13.4. The van der Waals surface area contributed by atoms with Gasteiger partial charge in [-0.2, -0.15) is 0 Å². The van der Waals surface area contributed by atoms with Crippen molar-refractivity contribution >= 4 is 28.5 Å². The molecule has 1 atom stereocenters. The summed E-state index contributed by atoms with van der Waals surface area (Å²) in [4.78, 5) is 11.2. The van der Waals surface area contributed by atoms with Crippen LogP contribution < -0.4 is 4.90 Å². The molecule has 0 amide bonds. The lowest BCUT2D eigenvalue weighted by Gasteiger charge is -2.26. The lowest BCUT2D eigenvalue weighted by molar-refractivity contribution is 0.486. The number of benzene rings is 1. The number of aromatic nitrogens is 2. The monoisotopic (exact) mass is 315 g/mol. The molecule has 0 spiro atoms. The molecule has 114 valence electrons. The molecule has 5 heteroatoms. The molecule has 0 aliphatic carbocycles. The Morgan fingerprint density at radius 1 is 1.14 bits per heavy atom. The van der Waals surface area contributed by atoms with Crippen molar-refractivity contribution in [2.45, 2.75) is 25.8 Å². The van der Waals surface area contributed by atoms with Gasteiger partial charge < -0.3 is 9.32 Å². The molecule has 0 bridgehead atoms. The number of para-hydroxylation sites is 2. The van der Waals surface area contributed by atoms with E-state index in [0.717, 1.165) is 29.6 Å². The Kier molecular flexibility index (Phi) is 4.29. The van der Waals surface area contributed by atoms with Crippen LogP contribution in [0.15, 0.2) is 47.1 Å². The van der Waals surface area contributed by atoms with Gasteiger partial charge in [-0.1, -0.05) is 23.7 Å². The summed E-state index contributed by atoms with van der Waals surface area (Å²) in [5.74, 6) is 1.71. The van der Waals surface area contributed by atoms with Crippen molar-refractivity contribution in [2.24, 2.45) is 0 Å². The van der Waals surface area contributed by atoms with Crippen molar-refractivity contribution in [1.29, 1.82) is 0 Å². The molecule has 0 saturated carbocycles. The SMILES string of the molecule is C[C@@H](CCc1ccco1)N(C)c1nc2ccccc2nc1Cl. The second-order valence-corrected chi connectivity index (χ2v) is 5.76. The van der Waals surface area contributed by atoms with E-state index in [1.807, 2.05) is 43.4 Å². The van der Waals surface area contributed by atoms with Gasteiger partial charge in [-0.15, -0.1) is 0 Å². The van der Waals surface area contributed by atoms with E-state index in [2.05, 4.69) is 21.8 Å². The summed E-state index contributed by atoms with van der Waals surface area (Å²) < 4.78 is 5.38. The lowest BCUT2D eigenvalue weighted by Crippen LogP contribution is -2.30. The normalized spacial score (nSPS) is 12.5. The van der Waals surface area contributed by atoms with Crippen LogP contribution in [-0.4, -0.2) is 23.1 Å². The lowest BCUT2D eigenvalue weighted by atomic mass is 10.1. The molecule has 0 saturated heterocycles. The fraction of sp³-hybridized carbons (Fsp3) is 0.294. The van der Waals surface area contributed by atoms with E-state index in [4.69, 9.17) is 16.0 Å². The maximum absolute atomic E-state index is 6.31.